The highest BCUT2D eigenvalue weighted by Crippen LogP contribution is 2.31. The van der Waals surface area contributed by atoms with Gasteiger partial charge in [0.05, 0.1) is 5.69 Å². The van der Waals surface area contributed by atoms with E-state index in [0.717, 1.165) is 22.6 Å². The number of nitrogens with one attached hydrogen (secondary N) is 1. The molecule has 0 bridgehead atoms. The van der Waals surface area contributed by atoms with Crippen LogP contribution in [0.15, 0.2) is 22.7 Å². The number of anilines is 1. The molecule has 100 valence electrons. The van der Waals surface area contributed by atoms with Gasteiger partial charge in [0.2, 0.25) is 0 Å². The first-order valence-corrected chi connectivity index (χ1v) is 7.61. The molecular weight excluding hydrogens is 312 g/mol. The Morgan fingerprint density at radius 3 is 2.78 bits per heavy atom. The van der Waals surface area contributed by atoms with Crippen molar-refractivity contribution in [2.75, 3.05) is 18.0 Å². The van der Waals surface area contributed by atoms with E-state index in [1.54, 1.807) is 0 Å². The zero-order chi connectivity index (χ0) is 13.3. The van der Waals surface area contributed by atoms with Gasteiger partial charge in [0.1, 0.15) is 0 Å². The first-order chi connectivity index (χ1) is 8.49. The predicted octanol–water partition coefficient (Wildman–Crippen LogP) is 3.93. The minimum atomic E-state index is 0.498. The van der Waals surface area contributed by atoms with Gasteiger partial charge in [-0.1, -0.05) is 25.4 Å². The lowest BCUT2D eigenvalue weighted by atomic mass is 9.99. The van der Waals surface area contributed by atoms with E-state index in [1.165, 1.54) is 5.69 Å². The van der Waals surface area contributed by atoms with Crippen molar-refractivity contribution in [2.24, 2.45) is 5.92 Å². The molecule has 1 fully saturated rings. The molecule has 0 spiro atoms. The van der Waals surface area contributed by atoms with Crippen molar-refractivity contribution in [1.29, 1.82) is 0 Å². The normalized spacial score (nSPS) is 24.7. The topological polar surface area (TPSA) is 15.3 Å². The zero-order valence-corrected chi connectivity index (χ0v) is 13.4. The molecule has 4 heteroatoms. The summed E-state index contributed by atoms with van der Waals surface area (Å²) in [5.74, 6) is 0.645. The monoisotopic (exact) mass is 330 g/mol. The molecule has 0 amide bonds. The Labute approximate surface area is 123 Å². The quantitative estimate of drug-likeness (QED) is 0.883. The van der Waals surface area contributed by atoms with Crippen molar-refractivity contribution < 1.29 is 0 Å². The van der Waals surface area contributed by atoms with Crippen LogP contribution in [-0.2, 0) is 0 Å². The molecule has 1 saturated heterocycles. The van der Waals surface area contributed by atoms with E-state index in [4.69, 9.17) is 11.6 Å². The highest BCUT2D eigenvalue weighted by atomic mass is 79.9. The van der Waals surface area contributed by atoms with Crippen LogP contribution in [0.4, 0.5) is 5.69 Å². The minimum absolute atomic E-state index is 0.498. The van der Waals surface area contributed by atoms with E-state index in [-0.39, 0.29) is 0 Å². The Hall–Kier alpha value is -0.250. The molecule has 1 aromatic rings. The number of halogens is 2. The highest BCUT2D eigenvalue weighted by Gasteiger charge is 2.27. The number of hydrogen-bond acceptors (Lipinski definition) is 2. The van der Waals surface area contributed by atoms with Crippen molar-refractivity contribution in [3.05, 3.63) is 27.7 Å². The van der Waals surface area contributed by atoms with Gasteiger partial charge in [-0.15, -0.1) is 0 Å². The fourth-order valence-corrected chi connectivity index (χ4v) is 3.30. The van der Waals surface area contributed by atoms with E-state index in [0.29, 0.717) is 18.0 Å². The second-order valence-corrected chi connectivity index (χ2v) is 6.65. The number of benzene rings is 1. The van der Waals surface area contributed by atoms with Crippen molar-refractivity contribution in [3.8, 4) is 0 Å². The standard InChI is InChI=1S/C14H20BrClN2/c1-9(2)13-8-18(10(3)7-17-13)14-5-4-11(16)6-12(14)15/h4-6,9-10,13,17H,7-8H2,1-3H3. The highest BCUT2D eigenvalue weighted by molar-refractivity contribution is 9.10. The second-order valence-electron chi connectivity index (χ2n) is 5.36. The molecule has 1 aliphatic heterocycles. The van der Waals surface area contributed by atoms with Crippen LogP contribution < -0.4 is 10.2 Å². The number of rotatable bonds is 2. The van der Waals surface area contributed by atoms with E-state index in [1.807, 2.05) is 12.1 Å². The van der Waals surface area contributed by atoms with Crippen LogP contribution in [0.5, 0.6) is 0 Å². The number of piperazine rings is 1. The van der Waals surface area contributed by atoms with Crippen molar-refractivity contribution in [2.45, 2.75) is 32.9 Å². The van der Waals surface area contributed by atoms with Crippen LogP contribution in [-0.4, -0.2) is 25.2 Å². The molecule has 0 aromatic heterocycles. The van der Waals surface area contributed by atoms with Gasteiger partial charge >= 0.3 is 0 Å². The van der Waals surface area contributed by atoms with Crippen LogP contribution in [0.2, 0.25) is 5.02 Å². The Kier molecular flexibility index (Phi) is 4.57. The van der Waals surface area contributed by atoms with Crippen molar-refractivity contribution >= 4 is 33.2 Å². The third kappa shape index (κ3) is 3.01. The molecule has 2 nitrogen and oxygen atoms in total. The maximum absolute atomic E-state index is 6.01. The van der Waals surface area contributed by atoms with Crippen LogP contribution >= 0.6 is 27.5 Å². The van der Waals surface area contributed by atoms with Gasteiger partial charge in [-0.05, 0) is 47.0 Å². The third-order valence-electron chi connectivity index (χ3n) is 3.62. The molecule has 0 aliphatic carbocycles. The lowest BCUT2D eigenvalue weighted by molar-refractivity contribution is 0.337. The first kappa shape index (κ1) is 14.2. The zero-order valence-electron chi connectivity index (χ0n) is 11.1. The SMILES string of the molecule is CC(C)C1CN(c2ccc(Cl)cc2Br)C(C)CN1. The Morgan fingerprint density at radius 1 is 1.44 bits per heavy atom. The molecular formula is C14H20BrClN2. The summed E-state index contributed by atoms with van der Waals surface area (Å²) in [5.41, 5.74) is 1.24. The Bertz CT molecular complexity index is 422. The maximum atomic E-state index is 6.01. The molecule has 1 aromatic carbocycles. The fraction of sp³-hybridized carbons (Fsp3) is 0.571. The van der Waals surface area contributed by atoms with Gasteiger partial charge in [0.15, 0.2) is 0 Å². The maximum Gasteiger partial charge on any atom is 0.0515 e. The van der Waals surface area contributed by atoms with Gasteiger partial charge in [-0.3, -0.25) is 0 Å². The fourth-order valence-electron chi connectivity index (χ4n) is 2.39. The first-order valence-electron chi connectivity index (χ1n) is 6.44. The lowest BCUT2D eigenvalue weighted by Gasteiger charge is -2.42. The summed E-state index contributed by atoms with van der Waals surface area (Å²) in [5, 5.41) is 4.39. The summed E-state index contributed by atoms with van der Waals surface area (Å²) in [7, 11) is 0. The summed E-state index contributed by atoms with van der Waals surface area (Å²) >= 11 is 9.63. The van der Waals surface area contributed by atoms with Gasteiger partial charge < -0.3 is 10.2 Å². The molecule has 1 N–H and O–H groups in total. The van der Waals surface area contributed by atoms with Gasteiger partial charge in [-0.25, -0.2) is 0 Å². The molecule has 2 rings (SSSR count). The molecule has 2 unspecified atom stereocenters. The molecule has 0 radical (unpaired) electrons. The minimum Gasteiger partial charge on any atom is -0.365 e. The lowest BCUT2D eigenvalue weighted by Crippen LogP contribution is -2.57. The summed E-state index contributed by atoms with van der Waals surface area (Å²) in [6, 6.07) is 7.07. The van der Waals surface area contributed by atoms with Crippen LogP contribution in [0.3, 0.4) is 0 Å². The average Bonchev–Trinajstić information content (AvgIpc) is 2.30. The Morgan fingerprint density at radius 2 is 2.17 bits per heavy atom. The van der Waals surface area contributed by atoms with Crippen molar-refractivity contribution in [1.82, 2.24) is 5.32 Å². The molecule has 1 aliphatic rings. The molecule has 2 atom stereocenters. The van der Waals surface area contributed by atoms with Crippen molar-refractivity contribution in [3.63, 3.8) is 0 Å². The van der Waals surface area contributed by atoms with E-state index in [2.05, 4.69) is 53.0 Å². The largest absolute Gasteiger partial charge is 0.365 e. The molecule has 1 heterocycles. The van der Waals surface area contributed by atoms with E-state index < -0.39 is 0 Å². The summed E-state index contributed by atoms with van der Waals surface area (Å²) < 4.78 is 1.08. The van der Waals surface area contributed by atoms with Gasteiger partial charge in [0.25, 0.3) is 0 Å². The molecule has 18 heavy (non-hydrogen) atoms. The predicted molar refractivity (Wildman–Crippen MR) is 82.6 cm³/mol. The van der Waals surface area contributed by atoms with Gasteiger partial charge in [0, 0.05) is 34.7 Å². The van der Waals surface area contributed by atoms with Crippen LogP contribution in [0.25, 0.3) is 0 Å². The van der Waals surface area contributed by atoms with Crippen LogP contribution in [0.1, 0.15) is 20.8 Å². The number of hydrogen-bond donors (Lipinski definition) is 1. The smallest absolute Gasteiger partial charge is 0.0515 e. The van der Waals surface area contributed by atoms with Gasteiger partial charge in [-0.2, -0.15) is 0 Å². The summed E-state index contributed by atoms with van der Waals surface area (Å²) in [6.07, 6.45) is 0. The van der Waals surface area contributed by atoms with Crippen LogP contribution in [0, 0.1) is 5.92 Å². The van der Waals surface area contributed by atoms with E-state index in [9.17, 15) is 0 Å². The molecule has 0 saturated carbocycles. The summed E-state index contributed by atoms with van der Waals surface area (Å²) in [6.45, 7) is 8.85. The number of nitrogens with zero attached hydrogens (tertiary/aromatic N) is 1. The van der Waals surface area contributed by atoms with E-state index >= 15 is 0 Å². The Balaban J connectivity index is 2.24. The summed E-state index contributed by atoms with van der Waals surface area (Å²) in [4.78, 5) is 2.46. The third-order valence-corrected chi connectivity index (χ3v) is 4.50. The average molecular weight is 332 g/mol. The second kappa shape index (κ2) is 5.81.